The molecule has 0 aliphatic heterocycles. The number of halogens is 1. The van der Waals surface area contributed by atoms with E-state index in [1.165, 1.54) is 0 Å². The molecule has 0 saturated carbocycles. The molecule has 1 N–H and O–H groups in total. The second kappa shape index (κ2) is 7.44. The standard InChI is InChI=1S/C18H17ClN2O4/c1-2-24-17(22)11-25-14-7-8-15-16(9-14)21(18(23)20-15)10-12-3-5-13(19)6-4-12/h3-9H,2,10-11H2,1H3,(H,20,23). The monoisotopic (exact) mass is 360 g/mol. The maximum Gasteiger partial charge on any atom is 0.344 e. The zero-order valence-corrected chi connectivity index (χ0v) is 14.4. The van der Waals surface area contributed by atoms with Gasteiger partial charge in [-0.05, 0) is 36.8 Å². The predicted molar refractivity (Wildman–Crippen MR) is 95.2 cm³/mol. The Kier molecular flexibility index (Phi) is 5.09. The fraction of sp³-hybridized carbons (Fsp3) is 0.222. The van der Waals surface area contributed by atoms with Crippen LogP contribution in [-0.2, 0) is 16.1 Å². The number of rotatable bonds is 6. The molecule has 0 radical (unpaired) electrons. The lowest BCUT2D eigenvalue weighted by atomic mass is 10.2. The van der Waals surface area contributed by atoms with Gasteiger partial charge in [-0.15, -0.1) is 0 Å². The number of hydrogen-bond acceptors (Lipinski definition) is 4. The topological polar surface area (TPSA) is 73.3 Å². The Labute approximate surface area is 148 Å². The quantitative estimate of drug-likeness (QED) is 0.686. The Hall–Kier alpha value is -2.73. The molecule has 0 aliphatic carbocycles. The average molecular weight is 361 g/mol. The van der Waals surface area contributed by atoms with Crippen molar-refractivity contribution in [1.82, 2.24) is 9.55 Å². The van der Waals surface area contributed by atoms with Gasteiger partial charge in [0, 0.05) is 11.1 Å². The molecule has 0 aliphatic rings. The molecule has 2 aromatic carbocycles. The van der Waals surface area contributed by atoms with Gasteiger partial charge in [-0.25, -0.2) is 9.59 Å². The number of benzene rings is 2. The number of ether oxygens (including phenoxy) is 2. The summed E-state index contributed by atoms with van der Waals surface area (Å²) >= 11 is 5.89. The van der Waals surface area contributed by atoms with Crippen LogP contribution in [0.15, 0.2) is 47.3 Å². The maximum absolute atomic E-state index is 12.2. The number of H-pyrrole nitrogens is 1. The highest BCUT2D eigenvalue weighted by Gasteiger charge is 2.10. The Bertz CT molecular complexity index is 944. The van der Waals surface area contributed by atoms with Gasteiger partial charge in [0.05, 0.1) is 24.2 Å². The summed E-state index contributed by atoms with van der Waals surface area (Å²) in [4.78, 5) is 26.4. The van der Waals surface area contributed by atoms with Gasteiger partial charge in [-0.2, -0.15) is 0 Å². The molecule has 0 bridgehead atoms. The lowest BCUT2D eigenvalue weighted by molar-refractivity contribution is -0.145. The van der Waals surface area contributed by atoms with Gasteiger partial charge in [0.15, 0.2) is 6.61 Å². The first-order valence-corrected chi connectivity index (χ1v) is 8.20. The van der Waals surface area contributed by atoms with Crippen molar-refractivity contribution in [3.8, 4) is 5.75 Å². The molecule has 3 rings (SSSR count). The molecule has 1 heterocycles. The Morgan fingerprint density at radius 3 is 2.68 bits per heavy atom. The summed E-state index contributed by atoms with van der Waals surface area (Å²) in [6.07, 6.45) is 0. The number of carbonyl (C=O) groups is 1. The first-order valence-electron chi connectivity index (χ1n) is 7.82. The second-order valence-corrected chi connectivity index (χ2v) is 5.85. The van der Waals surface area contributed by atoms with Gasteiger partial charge in [-0.1, -0.05) is 23.7 Å². The summed E-state index contributed by atoms with van der Waals surface area (Å²) in [5.74, 6) is 0.0552. The third kappa shape index (κ3) is 4.03. The third-order valence-electron chi connectivity index (χ3n) is 3.66. The first-order chi connectivity index (χ1) is 12.1. The van der Waals surface area contributed by atoms with E-state index in [0.717, 1.165) is 5.56 Å². The third-order valence-corrected chi connectivity index (χ3v) is 3.91. The van der Waals surface area contributed by atoms with E-state index in [1.807, 2.05) is 12.1 Å². The summed E-state index contributed by atoms with van der Waals surface area (Å²) in [7, 11) is 0. The summed E-state index contributed by atoms with van der Waals surface area (Å²) in [6, 6.07) is 12.5. The summed E-state index contributed by atoms with van der Waals surface area (Å²) < 4.78 is 11.9. The largest absolute Gasteiger partial charge is 0.482 e. The Morgan fingerprint density at radius 1 is 1.20 bits per heavy atom. The van der Waals surface area contributed by atoms with Crippen LogP contribution in [0.3, 0.4) is 0 Å². The van der Waals surface area contributed by atoms with Crippen molar-refractivity contribution in [2.75, 3.05) is 13.2 Å². The van der Waals surface area contributed by atoms with Gasteiger partial charge in [0.2, 0.25) is 0 Å². The summed E-state index contributed by atoms with van der Waals surface area (Å²) in [5.41, 5.74) is 2.13. The SMILES string of the molecule is CCOC(=O)COc1ccc2[nH]c(=O)n(Cc3ccc(Cl)cc3)c2c1. The highest BCUT2D eigenvalue weighted by molar-refractivity contribution is 6.30. The second-order valence-electron chi connectivity index (χ2n) is 5.42. The van der Waals surface area contributed by atoms with E-state index in [4.69, 9.17) is 21.1 Å². The molecule has 0 spiro atoms. The number of carbonyl (C=O) groups excluding carboxylic acids is 1. The Morgan fingerprint density at radius 2 is 1.96 bits per heavy atom. The molecular formula is C18H17ClN2O4. The molecule has 0 unspecified atom stereocenters. The van der Waals surface area contributed by atoms with Crippen LogP contribution < -0.4 is 10.4 Å². The molecule has 0 saturated heterocycles. The van der Waals surface area contributed by atoms with Crippen LogP contribution in [-0.4, -0.2) is 28.7 Å². The van der Waals surface area contributed by atoms with Gasteiger partial charge in [-0.3, -0.25) is 4.57 Å². The lowest BCUT2D eigenvalue weighted by Gasteiger charge is -2.07. The van der Waals surface area contributed by atoms with Gasteiger partial charge in [0.25, 0.3) is 0 Å². The van der Waals surface area contributed by atoms with E-state index < -0.39 is 5.97 Å². The smallest absolute Gasteiger partial charge is 0.344 e. The van der Waals surface area contributed by atoms with Crippen LogP contribution in [0.4, 0.5) is 0 Å². The fourth-order valence-electron chi connectivity index (χ4n) is 2.50. The van der Waals surface area contributed by atoms with Crippen LogP contribution >= 0.6 is 11.6 Å². The van der Waals surface area contributed by atoms with Crippen molar-refractivity contribution in [2.24, 2.45) is 0 Å². The van der Waals surface area contributed by atoms with E-state index in [2.05, 4.69) is 4.98 Å². The van der Waals surface area contributed by atoms with Gasteiger partial charge < -0.3 is 14.5 Å². The molecule has 25 heavy (non-hydrogen) atoms. The lowest BCUT2D eigenvalue weighted by Crippen LogP contribution is -2.17. The zero-order chi connectivity index (χ0) is 17.8. The molecule has 0 fully saturated rings. The molecule has 0 atom stereocenters. The molecular weight excluding hydrogens is 344 g/mol. The normalized spacial score (nSPS) is 10.8. The highest BCUT2D eigenvalue weighted by atomic mass is 35.5. The average Bonchev–Trinajstić information content (AvgIpc) is 2.90. The van der Waals surface area contributed by atoms with Crippen molar-refractivity contribution in [2.45, 2.75) is 13.5 Å². The summed E-state index contributed by atoms with van der Waals surface area (Å²) in [6.45, 7) is 2.27. The minimum atomic E-state index is -0.435. The molecule has 6 nitrogen and oxygen atoms in total. The van der Waals surface area contributed by atoms with Crippen LogP contribution in [0, 0.1) is 0 Å². The van der Waals surface area contributed by atoms with Crippen molar-refractivity contribution < 1.29 is 14.3 Å². The van der Waals surface area contributed by atoms with Crippen LogP contribution in [0.2, 0.25) is 5.02 Å². The molecule has 3 aromatic rings. The van der Waals surface area contributed by atoms with E-state index in [0.29, 0.717) is 35.0 Å². The van der Waals surface area contributed by atoms with Crippen LogP contribution in [0.1, 0.15) is 12.5 Å². The molecule has 1 aromatic heterocycles. The molecule has 7 heteroatoms. The predicted octanol–water partition coefficient (Wildman–Crippen LogP) is 2.97. The van der Waals surface area contributed by atoms with Crippen molar-refractivity contribution in [3.05, 3.63) is 63.5 Å². The number of fused-ring (bicyclic) bond motifs is 1. The fourth-order valence-corrected chi connectivity index (χ4v) is 2.62. The van der Waals surface area contributed by atoms with Crippen molar-refractivity contribution in [1.29, 1.82) is 0 Å². The highest BCUT2D eigenvalue weighted by Crippen LogP contribution is 2.20. The van der Waals surface area contributed by atoms with E-state index >= 15 is 0 Å². The number of nitrogens with zero attached hydrogens (tertiary/aromatic N) is 1. The maximum atomic E-state index is 12.2. The molecule has 130 valence electrons. The van der Waals surface area contributed by atoms with E-state index in [9.17, 15) is 9.59 Å². The van der Waals surface area contributed by atoms with Gasteiger partial charge in [0.1, 0.15) is 5.75 Å². The number of aromatic nitrogens is 2. The van der Waals surface area contributed by atoms with E-state index in [1.54, 1.807) is 41.8 Å². The molecule has 0 amide bonds. The minimum Gasteiger partial charge on any atom is -0.482 e. The number of nitrogens with one attached hydrogen (secondary N) is 1. The van der Waals surface area contributed by atoms with Crippen LogP contribution in [0.25, 0.3) is 11.0 Å². The summed E-state index contributed by atoms with van der Waals surface area (Å²) in [5, 5.41) is 0.643. The Balaban J connectivity index is 1.86. The number of imidazole rings is 1. The van der Waals surface area contributed by atoms with E-state index in [-0.39, 0.29) is 12.3 Å². The van der Waals surface area contributed by atoms with Crippen LogP contribution in [0.5, 0.6) is 5.75 Å². The van der Waals surface area contributed by atoms with Gasteiger partial charge >= 0.3 is 11.7 Å². The minimum absolute atomic E-state index is 0.175. The van der Waals surface area contributed by atoms with Crippen molar-refractivity contribution in [3.63, 3.8) is 0 Å². The zero-order valence-electron chi connectivity index (χ0n) is 13.6. The first kappa shape index (κ1) is 17.1. The number of hydrogen-bond donors (Lipinski definition) is 1. The van der Waals surface area contributed by atoms with Crippen molar-refractivity contribution >= 4 is 28.6 Å². The number of aromatic amines is 1. The number of esters is 1.